The third-order valence-electron chi connectivity index (χ3n) is 6.93. The molecule has 1 aromatic carbocycles. The minimum Gasteiger partial charge on any atom is -0.474 e. The normalized spacial score (nSPS) is 23.5. The molecule has 4 heterocycles. The standard InChI is InChI=1S/C25H31FN4O5S/c1-25(2,3)35-24(31)30-15-5-6-16(30)12-17(11-15)34-23-19-9-10-29(22(19)27-14-28-23)21-8-7-18(13-20(21)26)36(4,32)33/h7-8,13-17H,5-6,9-12H2,1-4H3/t15-,16-/m0/s1. The molecule has 1 amide bonds. The number of ether oxygens (including phenoxy) is 2. The summed E-state index contributed by atoms with van der Waals surface area (Å²) in [6.07, 6.45) is 5.88. The fourth-order valence-electron chi connectivity index (χ4n) is 5.44. The molecule has 5 rings (SSSR count). The van der Waals surface area contributed by atoms with Gasteiger partial charge in [-0.05, 0) is 58.2 Å². The molecule has 2 atom stereocenters. The van der Waals surface area contributed by atoms with Crippen LogP contribution in [0.25, 0.3) is 0 Å². The molecule has 194 valence electrons. The van der Waals surface area contributed by atoms with Crippen molar-refractivity contribution in [1.82, 2.24) is 14.9 Å². The first-order valence-electron chi connectivity index (χ1n) is 12.2. The monoisotopic (exact) mass is 518 g/mol. The molecule has 0 radical (unpaired) electrons. The van der Waals surface area contributed by atoms with Gasteiger partial charge in [-0.2, -0.15) is 0 Å². The third kappa shape index (κ3) is 4.72. The largest absolute Gasteiger partial charge is 0.474 e. The van der Waals surface area contributed by atoms with Crippen molar-refractivity contribution in [2.24, 2.45) is 0 Å². The van der Waals surface area contributed by atoms with Gasteiger partial charge in [0.15, 0.2) is 9.84 Å². The van der Waals surface area contributed by atoms with Crippen molar-refractivity contribution in [2.45, 2.75) is 81.6 Å². The summed E-state index contributed by atoms with van der Waals surface area (Å²) in [5.74, 6) is 0.406. The molecule has 0 N–H and O–H groups in total. The fourth-order valence-corrected chi connectivity index (χ4v) is 6.07. The first kappa shape index (κ1) is 24.7. The summed E-state index contributed by atoms with van der Waals surface area (Å²) in [7, 11) is -3.51. The molecule has 3 aliphatic rings. The van der Waals surface area contributed by atoms with Crippen LogP contribution in [-0.4, -0.2) is 66.0 Å². The van der Waals surface area contributed by atoms with E-state index in [-0.39, 0.29) is 34.9 Å². The van der Waals surface area contributed by atoms with E-state index < -0.39 is 21.3 Å². The third-order valence-corrected chi connectivity index (χ3v) is 8.04. The lowest BCUT2D eigenvalue weighted by molar-refractivity contribution is -0.00771. The number of sulfone groups is 1. The lowest BCUT2D eigenvalue weighted by Crippen LogP contribution is -2.50. The van der Waals surface area contributed by atoms with Crippen molar-refractivity contribution < 1.29 is 27.1 Å². The number of hydrogen-bond donors (Lipinski definition) is 0. The van der Waals surface area contributed by atoms with Crippen molar-refractivity contribution in [3.05, 3.63) is 35.9 Å². The van der Waals surface area contributed by atoms with Crippen molar-refractivity contribution in [2.75, 3.05) is 17.7 Å². The number of carbonyl (C=O) groups excluding carboxylic acids is 1. The van der Waals surface area contributed by atoms with Gasteiger partial charge in [0.05, 0.1) is 16.1 Å². The molecule has 11 heteroatoms. The van der Waals surface area contributed by atoms with Crippen molar-refractivity contribution in [3.8, 4) is 5.88 Å². The van der Waals surface area contributed by atoms with Gasteiger partial charge in [0, 0.05) is 37.7 Å². The number of benzene rings is 1. The Morgan fingerprint density at radius 1 is 1.14 bits per heavy atom. The Labute approximate surface area is 210 Å². The first-order valence-corrected chi connectivity index (χ1v) is 14.1. The maximum absolute atomic E-state index is 14.9. The van der Waals surface area contributed by atoms with E-state index in [0.717, 1.165) is 30.7 Å². The van der Waals surface area contributed by atoms with Crippen LogP contribution in [0, 0.1) is 5.82 Å². The molecular formula is C25H31FN4O5S. The van der Waals surface area contributed by atoms with E-state index >= 15 is 0 Å². The average Bonchev–Trinajstić information content (AvgIpc) is 3.31. The second-order valence-corrected chi connectivity index (χ2v) is 12.8. The van der Waals surface area contributed by atoms with Crippen molar-refractivity contribution in [3.63, 3.8) is 0 Å². The Morgan fingerprint density at radius 3 is 2.44 bits per heavy atom. The molecule has 0 unspecified atom stereocenters. The summed E-state index contributed by atoms with van der Waals surface area (Å²) in [5.41, 5.74) is 0.516. The molecule has 3 aliphatic heterocycles. The number of halogens is 1. The zero-order chi connectivity index (χ0) is 25.8. The van der Waals surface area contributed by atoms with Gasteiger partial charge >= 0.3 is 6.09 Å². The number of aromatic nitrogens is 2. The number of carbonyl (C=O) groups is 1. The number of nitrogens with zero attached hydrogens (tertiary/aromatic N) is 4. The van der Waals surface area contributed by atoms with Crippen LogP contribution in [0.3, 0.4) is 0 Å². The number of piperidine rings is 1. The molecule has 1 aromatic heterocycles. The molecule has 2 aromatic rings. The van der Waals surface area contributed by atoms with Crippen LogP contribution >= 0.6 is 0 Å². The molecule has 0 aliphatic carbocycles. The first-order chi connectivity index (χ1) is 16.9. The van der Waals surface area contributed by atoms with E-state index in [1.54, 1.807) is 4.90 Å². The summed E-state index contributed by atoms with van der Waals surface area (Å²) < 4.78 is 50.4. The topological polar surface area (TPSA) is 102 Å². The quantitative estimate of drug-likeness (QED) is 0.598. The van der Waals surface area contributed by atoms with Gasteiger partial charge in [-0.3, -0.25) is 0 Å². The summed E-state index contributed by atoms with van der Waals surface area (Å²) in [6.45, 7) is 6.08. The number of anilines is 2. The van der Waals surface area contributed by atoms with E-state index in [2.05, 4.69) is 9.97 Å². The smallest absolute Gasteiger partial charge is 0.410 e. The highest BCUT2D eigenvalue weighted by molar-refractivity contribution is 7.90. The van der Waals surface area contributed by atoms with Crippen LogP contribution in [0.2, 0.25) is 0 Å². The molecule has 0 saturated carbocycles. The average molecular weight is 519 g/mol. The van der Waals surface area contributed by atoms with Gasteiger partial charge in [0.1, 0.15) is 29.7 Å². The van der Waals surface area contributed by atoms with Crippen LogP contribution in [0.1, 0.15) is 52.0 Å². The van der Waals surface area contributed by atoms with Crippen LogP contribution in [-0.2, 0) is 21.0 Å². The Balaban J connectivity index is 1.32. The summed E-state index contributed by atoms with van der Waals surface area (Å²) >= 11 is 0. The van der Waals surface area contributed by atoms with E-state index in [1.165, 1.54) is 18.5 Å². The van der Waals surface area contributed by atoms with Gasteiger partial charge in [-0.25, -0.2) is 27.6 Å². The van der Waals surface area contributed by atoms with Gasteiger partial charge in [-0.1, -0.05) is 0 Å². The molecular weight excluding hydrogens is 487 g/mol. The number of hydrogen-bond acceptors (Lipinski definition) is 8. The second kappa shape index (κ2) is 8.86. The van der Waals surface area contributed by atoms with E-state index in [1.807, 2.05) is 25.7 Å². The zero-order valence-electron chi connectivity index (χ0n) is 20.9. The Morgan fingerprint density at radius 2 is 1.83 bits per heavy atom. The van der Waals surface area contributed by atoms with Gasteiger partial charge < -0.3 is 19.3 Å². The van der Waals surface area contributed by atoms with E-state index in [0.29, 0.717) is 37.5 Å². The predicted molar refractivity (Wildman–Crippen MR) is 131 cm³/mol. The van der Waals surface area contributed by atoms with Crippen molar-refractivity contribution >= 4 is 27.4 Å². The molecule has 2 saturated heterocycles. The summed E-state index contributed by atoms with van der Waals surface area (Å²) in [4.78, 5) is 25.0. The molecule has 0 spiro atoms. The summed E-state index contributed by atoms with van der Waals surface area (Å²) in [6, 6.07) is 4.04. The minimum absolute atomic E-state index is 0.0671. The highest BCUT2D eigenvalue weighted by Crippen LogP contribution is 2.41. The fraction of sp³-hybridized carbons (Fsp3) is 0.560. The summed E-state index contributed by atoms with van der Waals surface area (Å²) in [5, 5.41) is 0. The highest BCUT2D eigenvalue weighted by atomic mass is 32.2. The minimum atomic E-state index is -3.51. The molecule has 36 heavy (non-hydrogen) atoms. The Bertz CT molecular complexity index is 1280. The van der Waals surface area contributed by atoms with Gasteiger partial charge in [0.2, 0.25) is 5.88 Å². The Hall–Kier alpha value is -2.95. The maximum Gasteiger partial charge on any atom is 0.410 e. The second-order valence-electron chi connectivity index (χ2n) is 10.8. The van der Waals surface area contributed by atoms with Crippen LogP contribution in [0.4, 0.5) is 20.7 Å². The van der Waals surface area contributed by atoms with Gasteiger partial charge in [0.25, 0.3) is 0 Å². The molecule has 9 nitrogen and oxygen atoms in total. The zero-order valence-corrected chi connectivity index (χ0v) is 21.7. The van der Waals surface area contributed by atoms with Crippen LogP contribution in [0.15, 0.2) is 29.4 Å². The number of fused-ring (bicyclic) bond motifs is 3. The lowest BCUT2D eigenvalue weighted by Gasteiger charge is -2.39. The SMILES string of the molecule is CC(C)(C)OC(=O)N1[C@H]2CC[C@H]1CC(Oc1ncnc3c1CCN3c1ccc(S(C)(=O)=O)cc1F)C2. The highest BCUT2D eigenvalue weighted by Gasteiger charge is 2.46. The molecule has 2 fully saturated rings. The van der Waals surface area contributed by atoms with Gasteiger partial charge in [-0.15, -0.1) is 0 Å². The van der Waals surface area contributed by atoms with Crippen LogP contribution in [0.5, 0.6) is 5.88 Å². The van der Waals surface area contributed by atoms with Crippen molar-refractivity contribution in [1.29, 1.82) is 0 Å². The lowest BCUT2D eigenvalue weighted by atomic mass is 10.00. The van der Waals surface area contributed by atoms with Crippen LogP contribution < -0.4 is 9.64 Å². The maximum atomic E-state index is 14.9. The predicted octanol–water partition coefficient (Wildman–Crippen LogP) is 4.02. The number of rotatable bonds is 4. The molecule has 2 bridgehead atoms. The number of amides is 1. The Kier molecular flexibility index (Phi) is 6.09. The van der Waals surface area contributed by atoms with E-state index in [9.17, 15) is 17.6 Å². The van der Waals surface area contributed by atoms with E-state index in [4.69, 9.17) is 9.47 Å².